The van der Waals surface area contributed by atoms with E-state index in [0.29, 0.717) is 17.4 Å². The predicted octanol–water partition coefficient (Wildman–Crippen LogP) is 4.00. The highest BCUT2D eigenvalue weighted by Crippen LogP contribution is 2.25. The van der Waals surface area contributed by atoms with Crippen LogP contribution in [0.5, 0.6) is 11.5 Å². The number of carbonyl (C=O) groups is 1. The Hall–Kier alpha value is -2.18. The van der Waals surface area contributed by atoms with E-state index in [4.69, 9.17) is 4.74 Å². The standard InChI is InChI=1S/C19H20F2N2O2.ClH/c1-22-15-8-10-23(11-9-15)19(24)13-2-5-16(6-3-13)25-18-7-4-14(20)12-17(18)21;/h2-7,12,15,22H,8-11H2,1H3;1H. The smallest absolute Gasteiger partial charge is 0.253 e. The Labute approximate surface area is 157 Å². The van der Waals surface area contributed by atoms with Crippen LogP contribution in [-0.2, 0) is 0 Å². The minimum Gasteiger partial charge on any atom is -0.454 e. The molecule has 1 amide bonds. The Balaban J connectivity index is 0.00000243. The van der Waals surface area contributed by atoms with Crippen molar-refractivity contribution in [3.05, 3.63) is 59.7 Å². The predicted molar refractivity (Wildman–Crippen MR) is 98.1 cm³/mol. The van der Waals surface area contributed by atoms with E-state index < -0.39 is 11.6 Å². The molecule has 1 fully saturated rings. The molecule has 7 heteroatoms. The first-order valence-electron chi connectivity index (χ1n) is 8.26. The zero-order valence-electron chi connectivity index (χ0n) is 14.4. The van der Waals surface area contributed by atoms with Crippen LogP contribution in [0.2, 0.25) is 0 Å². The second-order valence-electron chi connectivity index (χ2n) is 6.06. The lowest BCUT2D eigenvalue weighted by atomic mass is 10.0. The number of likely N-dealkylation sites (tertiary alicyclic amines) is 1. The molecule has 0 spiro atoms. The molecular formula is C19H21ClF2N2O2. The molecule has 1 saturated heterocycles. The fourth-order valence-electron chi connectivity index (χ4n) is 2.90. The number of nitrogens with zero attached hydrogens (tertiary/aromatic N) is 1. The molecule has 0 bridgehead atoms. The summed E-state index contributed by atoms with van der Waals surface area (Å²) in [5, 5.41) is 3.23. The van der Waals surface area contributed by atoms with Crippen molar-refractivity contribution in [3.8, 4) is 11.5 Å². The molecule has 0 radical (unpaired) electrons. The first kappa shape index (κ1) is 20.1. The number of amides is 1. The molecule has 2 aromatic rings. The molecule has 0 aliphatic carbocycles. The van der Waals surface area contributed by atoms with Gasteiger partial charge in [0.15, 0.2) is 11.6 Å². The average molecular weight is 383 g/mol. The highest BCUT2D eigenvalue weighted by Gasteiger charge is 2.22. The van der Waals surface area contributed by atoms with Gasteiger partial charge in [0.1, 0.15) is 11.6 Å². The fourth-order valence-corrected chi connectivity index (χ4v) is 2.90. The minimum absolute atomic E-state index is 0. The minimum atomic E-state index is -0.771. The Bertz CT molecular complexity index is 748. The van der Waals surface area contributed by atoms with Gasteiger partial charge in [-0.15, -0.1) is 12.4 Å². The van der Waals surface area contributed by atoms with Gasteiger partial charge in [-0.05, 0) is 56.3 Å². The molecule has 26 heavy (non-hydrogen) atoms. The maximum absolute atomic E-state index is 13.6. The maximum Gasteiger partial charge on any atom is 0.253 e. The third-order valence-electron chi connectivity index (χ3n) is 4.41. The fraction of sp³-hybridized carbons (Fsp3) is 0.316. The monoisotopic (exact) mass is 382 g/mol. The topological polar surface area (TPSA) is 41.6 Å². The number of rotatable bonds is 4. The van der Waals surface area contributed by atoms with E-state index in [2.05, 4.69) is 5.32 Å². The Morgan fingerprint density at radius 2 is 1.77 bits per heavy atom. The summed E-state index contributed by atoms with van der Waals surface area (Å²) in [7, 11) is 1.94. The Morgan fingerprint density at radius 1 is 1.12 bits per heavy atom. The molecule has 1 aliphatic heterocycles. The van der Waals surface area contributed by atoms with Gasteiger partial charge in [-0.2, -0.15) is 0 Å². The second-order valence-corrected chi connectivity index (χ2v) is 6.06. The zero-order valence-corrected chi connectivity index (χ0v) is 15.2. The lowest BCUT2D eigenvalue weighted by molar-refractivity contribution is 0.0707. The van der Waals surface area contributed by atoms with Gasteiger partial charge in [0.05, 0.1) is 0 Å². The number of nitrogens with one attached hydrogen (secondary N) is 1. The average Bonchev–Trinajstić information content (AvgIpc) is 2.64. The summed E-state index contributed by atoms with van der Waals surface area (Å²) >= 11 is 0. The largest absolute Gasteiger partial charge is 0.454 e. The van der Waals surface area contributed by atoms with E-state index in [1.165, 1.54) is 6.07 Å². The molecule has 0 unspecified atom stereocenters. The molecule has 2 aromatic carbocycles. The normalized spacial score (nSPS) is 14.7. The summed E-state index contributed by atoms with van der Waals surface area (Å²) in [6.07, 6.45) is 1.88. The van der Waals surface area contributed by atoms with E-state index in [9.17, 15) is 13.6 Å². The highest BCUT2D eigenvalue weighted by atomic mass is 35.5. The molecule has 3 rings (SSSR count). The second kappa shape index (κ2) is 8.96. The summed E-state index contributed by atoms with van der Waals surface area (Å²) in [4.78, 5) is 14.4. The van der Waals surface area contributed by atoms with Crippen LogP contribution in [0.1, 0.15) is 23.2 Å². The van der Waals surface area contributed by atoms with E-state index in [-0.39, 0.29) is 24.1 Å². The van der Waals surface area contributed by atoms with Crippen LogP contribution >= 0.6 is 12.4 Å². The van der Waals surface area contributed by atoms with Crippen LogP contribution in [0.3, 0.4) is 0 Å². The van der Waals surface area contributed by atoms with Gasteiger partial charge in [0, 0.05) is 30.8 Å². The first-order chi connectivity index (χ1) is 12.1. The van der Waals surface area contributed by atoms with Crippen molar-refractivity contribution in [2.75, 3.05) is 20.1 Å². The quantitative estimate of drug-likeness (QED) is 0.868. The molecule has 0 saturated carbocycles. The molecule has 1 N–H and O–H groups in total. The summed E-state index contributed by atoms with van der Waals surface area (Å²) in [6.45, 7) is 1.45. The van der Waals surface area contributed by atoms with Crippen LogP contribution in [0.15, 0.2) is 42.5 Å². The Kier molecular flexibility index (Phi) is 6.94. The van der Waals surface area contributed by atoms with Crippen molar-refractivity contribution < 1.29 is 18.3 Å². The van der Waals surface area contributed by atoms with E-state index in [1.807, 2.05) is 11.9 Å². The molecule has 4 nitrogen and oxygen atoms in total. The SMILES string of the molecule is CNC1CCN(C(=O)c2ccc(Oc3ccc(F)cc3F)cc2)CC1.Cl. The molecule has 0 atom stereocenters. The lowest BCUT2D eigenvalue weighted by Gasteiger charge is -2.31. The van der Waals surface area contributed by atoms with Crippen molar-refractivity contribution in [1.82, 2.24) is 10.2 Å². The van der Waals surface area contributed by atoms with Gasteiger partial charge in [0.2, 0.25) is 0 Å². The molecule has 1 heterocycles. The number of benzene rings is 2. The number of hydrogen-bond donors (Lipinski definition) is 1. The number of halogens is 3. The Morgan fingerprint density at radius 3 is 2.35 bits per heavy atom. The van der Waals surface area contributed by atoms with Gasteiger partial charge < -0.3 is 15.0 Å². The van der Waals surface area contributed by atoms with E-state index >= 15 is 0 Å². The van der Waals surface area contributed by atoms with Gasteiger partial charge >= 0.3 is 0 Å². The van der Waals surface area contributed by atoms with Crippen LogP contribution in [0, 0.1) is 11.6 Å². The van der Waals surface area contributed by atoms with Crippen LogP contribution in [0.4, 0.5) is 8.78 Å². The summed E-state index contributed by atoms with van der Waals surface area (Å²) in [5.41, 5.74) is 0.565. The summed E-state index contributed by atoms with van der Waals surface area (Å²) in [5.74, 6) is -1.12. The molecule has 0 aromatic heterocycles. The third-order valence-corrected chi connectivity index (χ3v) is 4.41. The van der Waals surface area contributed by atoms with Gasteiger partial charge in [-0.1, -0.05) is 0 Å². The number of carbonyl (C=O) groups excluding carboxylic acids is 1. The van der Waals surface area contributed by atoms with Gasteiger partial charge in [-0.25, -0.2) is 8.78 Å². The van der Waals surface area contributed by atoms with Crippen molar-refractivity contribution in [2.24, 2.45) is 0 Å². The highest BCUT2D eigenvalue weighted by molar-refractivity contribution is 5.94. The maximum atomic E-state index is 13.6. The molecule has 140 valence electrons. The number of piperidine rings is 1. The lowest BCUT2D eigenvalue weighted by Crippen LogP contribution is -2.43. The third kappa shape index (κ3) is 4.71. The number of ether oxygens (including phenoxy) is 1. The summed E-state index contributed by atoms with van der Waals surface area (Å²) in [6, 6.07) is 10.1. The van der Waals surface area contributed by atoms with Crippen LogP contribution in [-0.4, -0.2) is 37.0 Å². The first-order valence-corrected chi connectivity index (χ1v) is 8.26. The van der Waals surface area contributed by atoms with Crippen molar-refractivity contribution >= 4 is 18.3 Å². The molecule has 1 aliphatic rings. The van der Waals surface area contributed by atoms with E-state index in [0.717, 1.165) is 38.1 Å². The zero-order chi connectivity index (χ0) is 17.8. The summed E-state index contributed by atoms with van der Waals surface area (Å²) < 4.78 is 31.9. The van der Waals surface area contributed by atoms with Crippen LogP contribution < -0.4 is 10.1 Å². The van der Waals surface area contributed by atoms with Gasteiger partial charge in [0.25, 0.3) is 5.91 Å². The van der Waals surface area contributed by atoms with Crippen molar-refractivity contribution in [3.63, 3.8) is 0 Å². The van der Waals surface area contributed by atoms with Gasteiger partial charge in [-0.3, -0.25) is 4.79 Å². The molecular weight excluding hydrogens is 362 g/mol. The van der Waals surface area contributed by atoms with Crippen LogP contribution in [0.25, 0.3) is 0 Å². The van der Waals surface area contributed by atoms with Crippen molar-refractivity contribution in [2.45, 2.75) is 18.9 Å². The number of hydrogen-bond acceptors (Lipinski definition) is 3. The van der Waals surface area contributed by atoms with Crippen molar-refractivity contribution in [1.29, 1.82) is 0 Å². The van der Waals surface area contributed by atoms with E-state index in [1.54, 1.807) is 24.3 Å².